The number of carbonyl (C=O) groups excluding carboxylic acids is 1. The molecule has 1 aromatic carbocycles. The first-order valence-corrected chi connectivity index (χ1v) is 7.29. The normalized spacial score (nSPS) is 12.2. The second-order valence-electron chi connectivity index (χ2n) is 4.66. The molecule has 5 nitrogen and oxygen atoms in total. The van der Waals surface area contributed by atoms with Crippen LogP contribution >= 0.6 is 0 Å². The van der Waals surface area contributed by atoms with Crippen LogP contribution in [-0.2, 0) is 21.2 Å². The van der Waals surface area contributed by atoms with E-state index in [1.165, 1.54) is 26.0 Å². The zero-order valence-corrected chi connectivity index (χ0v) is 11.4. The minimum absolute atomic E-state index is 0.236. The Morgan fingerprint density at radius 1 is 1.28 bits per heavy atom. The van der Waals surface area contributed by atoms with Crippen molar-refractivity contribution < 1.29 is 18.3 Å². The molecule has 0 aliphatic heterocycles. The van der Waals surface area contributed by atoms with Crippen LogP contribution < -0.4 is 5.32 Å². The van der Waals surface area contributed by atoms with Crippen molar-refractivity contribution in [2.75, 3.05) is 6.26 Å². The lowest BCUT2D eigenvalue weighted by Crippen LogP contribution is -2.41. The molecule has 6 heteroatoms. The molecule has 100 valence electrons. The molecule has 0 heterocycles. The average molecular weight is 271 g/mol. The maximum absolute atomic E-state index is 11.4. The lowest BCUT2D eigenvalue weighted by Gasteiger charge is -2.16. The van der Waals surface area contributed by atoms with Gasteiger partial charge < -0.3 is 10.4 Å². The fourth-order valence-electron chi connectivity index (χ4n) is 1.25. The van der Waals surface area contributed by atoms with E-state index in [0.717, 1.165) is 11.8 Å². The van der Waals surface area contributed by atoms with Crippen LogP contribution in [0.4, 0.5) is 0 Å². The highest BCUT2D eigenvalue weighted by Crippen LogP contribution is 2.10. The SMILES string of the molecule is CC(C)(O)C(=O)NCc1ccc(S(C)(=O)=O)cc1. The molecule has 18 heavy (non-hydrogen) atoms. The molecular formula is C12H17NO4S. The van der Waals surface area contributed by atoms with E-state index in [4.69, 9.17) is 0 Å². The summed E-state index contributed by atoms with van der Waals surface area (Å²) in [7, 11) is -3.20. The number of benzene rings is 1. The van der Waals surface area contributed by atoms with Gasteiger partial charge in [0.15, 0.2) is 9.84 Å². The molecule has 0 saturated heterocycles. The predicted molar refractivity (Wildman–Crippen MR) is 67.7 cm³/mol. The Kier molecular flexibility index (Phi) is 4.13. The minimum atomic E-state index is -3.20. The maximum Gasteiger partial charge on any atom is 0.251 e. The Hall–Kier alpha value is -1.40. The first-order chi connectivity index (χ1) is 8.10. The van der Waals surface area contributed by atoms with Gasteiger partial charge in [0.2, 0.25) is 0 Å². The molecule has 0 spiro atoms. The number of sulfone groups is 1. The van der Waals surface area contributed by atoms with Crippen molar-refractivity contribution >= 4 is 15.7 Å². The second-order valence-corrected chi connectivity index (χ2v) is 6.67. The van der Waals surface area contributed by atoms with Crippen LogP contribution in [-0.4, -0.2) is 31.3 Å². The van der Waals surface area contributed by atoms with Gasteiger partial charge in [-0.25, -0.2) is 8.42 Å². The molecule has 0 radical (unpaired) electrons. The van der Waals surface area contributed by atoms with E-state index < -0.39 is 21.3 Å². The Labute approximate surface area is 107 Å². The van der Waals surface area contributed by atoms with Gasteiger partial charge in [-0.1, -0.05) is 12.1 Å². The summed E-state index contributed by atoms with van der Waals surface area (Å²) >= 11 is 0. The van der Waals surface area contributed by atoms with Gasteiger partial charge in [-0.15, -0.1) is 0 Å². The van der Waals surface area contributed by atoms with Gasteiger partial charge in [0.1, 0.15) is 5.60 Å². The number of amides is 1. The van der Waals surface area contributed by atoms with Crippen molar-refractivity contribution in [2.45, 2.75) is 30.9 Å². The standard InChI is InChI=1S/C12H17NO4S/c1-12(2,15)11(14)13-8-9-4-6-10(7-5-9)18(3,16)17/h4-7,15H,8H2,1-3H3,(H,13,14). The smallest absolute Gasteiger partial charge is 0.251 e. The van der Waals surface area contributed by atoms with Crippen LogP contribution in [0.5, 0.6) is 0 Å². The summed E-state index contributed by atoms with van der Waals surface area (Å²) in [5, 5.41) is 12.0. The van der Waals surface area contributed by atoms with E-state index in [2.05, 4.69) is 5.32 Å². The molecule has 2 N–H and O–H groups in total. The number of carbonyl (C=O) groups is 1. The number of nitrogens with one attached hydrogen (secondary N) is 1. The van der Waals surface area contributed by atoms with Crippen molar-refractivity contribution in [3.63, 3.8) is 0 Å². The Morgan fingerprint density at radius 3 is 2.17 bits per heavy atom. The third-order valence-electron chi connectivity index (χ3n) is 2.36. The van der Waals surface area contributed by atoms with Crippen LogP contribution in [0.15, 0.2) is 29.2 Å². The fourth-order valence-corrected chi connectivity index (χ4v) is 1.88. The van der Waals surface area contributed by atoms with Gasteiger partial charge in [0.25, 0.3) is 5.91 Å². The van der Waals surface area contributed by atoms with E-state index in [-0.39, 0.29) is 11.4 Å². The second kappa shape index (κ2) is 5.07. The van der Waals surface area contributed by atoms with E-state index in [9.17, 15) is 18.3 Å². The van der Waals surface area contributed by atoms with Crippen LogP contribution in [0.25, 0.3) is 0 Å². The molecule has 0 atom stereocenters. The Balaban J connectivity index is 2.69. The molecule has 1 aromatic rings. The number of aliphatic hydroxyl groups is 1. The van der Waals surface area contributed by atoms with Gasteiger partial charge in [-0.05, 0) is 31.5 Å². The summed E-state index contributed by atoms with van der Waals surface area (Å²) in [5.41, 5.74) is -0.660. The summed E-state index contributed by atoms with van der Waals surface area (Å²) in [5.74, 6) is -0.477. The molecule has 1 amide bonds. The zero-order chi connectivity index (χ0) is 14.0. The molecule has 1 rings (SSSR count). The van der Waals surface area contributed by atoms with Crippen molar-refractivity contribution in [1.82, 2.24) is 5.32 Å². The summed E-state index contributed by atoms with van der Waals surface area (Å²) < 4.78 is 22.5. The average Bonchev–Trinajstić information content (AvgIpc) is 2.24. The molecule has 0 aromatic heterocycles. The molecule has 0 bridgehead atoms. The largest absolute Gasteiger partial charge is 0.381 e. The number of hydrogen-bond donors (Lipinski definition) is 2. The Bertz CT molecular complexity index is 526. The molecular weight excluding hydrogens is 254 g/mol. The van der Waals surface area contributed by atoms with Crippen LogP contribution in [0.1, 0.15) is 19.4 Å². The molecule has 0 unspecified atom stereocenters. The summed E-state index contributed by atoms with van der Waals surface area (Å²) in [6.07, 6.45) is 1.14. The van der Waals surface area contributed by atoms with E-state index in [1.807, 2.05) is 0 Å². The van der Waals surface area contributed by atoms with Gasteiger partial charge in [0.05, 0.1) is 4.90 Å². The van der Waals surface area contributed by atoms with Gasteiger partial charge in [-0.3, -0.25) is 4.79 Å². The van der Waals surface area contributed by atoms with Gasteiger partial charge >= 0.3 is 0 Å². The van der Waals surface area contributed by atoms with Crippen LogP contribution in [0.2, 0.25) is 0 Å². The first-order valence-electron chi connectivity index (χ1n) is 5.40. The monoisotopic (exact) mass is 271 g/mol. The fraction of sp³-hybridized carbons (Fsp3) is 0.417. The molecule has 0 aliphatic rings. The third-order valence-corrected chi connectivity index (χ3v) is 3.49. The van der Waals surface area contributed by atoms with E-state index in [1.54, 1.807) is 12.1 Å². The van der Waals surface area contributed by atoms with Crippen molar-refractivity contribution in [2.24, 2.45) is 0 Å². The zero-order valence-electron chi connectivity index (χ0n) is 10.6. The van der Waals surface area contributed by atoms with Gasteiger partial charge in [0, 0.05) is 12.8 Å². The highest BCUT2D eigenvalue weighted by atomic mass is 32.2. The maximum atomic E-state index is 11.4. The Morgan fingerprint density at radius 2 is 1.78 bits per heavy atom. The lowest BCUT2D eigenvalue weighted by atomic mass is 10.1. The van der Waals surface area contributed by atoms with Crippen LogP contribution in [0.3, 0.4) is 0 Å². The first kappa shape index (κ1) is 14.7. The van der Waals surface area contributed by atoms with Gasteiger partial charge in [-0.2, -0.15) is 0 Å². The summed E-state index contributed by atoms with van der Waals surface area (Å²) in [6, 6.07) is 6.23. The highest BCUT2D eigenvalue weighted by Gasteiger charge is 2.22. The molecule has 0 fully saturated rings. The summed E-state index contributed by atoms with van der Waals surface area (Å²) in [4.78, 5) is 11.6. The van der Waals surface area contributed by atoms with Crippen LogP contribution in [0, 0.1) is 0 Å². The van der Waals surface area contributed by atoms with Crippen molar-refractivity contribution in [3.05, 3.63) is 29.8 Å². The lowest BCUT2D eigenvalue weighted by molar-refractivity contribution is -0.136. The molecule has 0 aliphatic carbocycles. The van der Waals surface area contributed by atoms with E-state index >= 15 is 0 Å². The van der Waals surface area contributed by atoms with E-state index in [0.29, 0.717) is 0 Å². The van der Waals surface area contributed by atoms with Crippen molar-refractivity contribution in [1.29, 1.82) is 0 Å². The third kappa shape index (κ3) is 4.12. The summed E-state index contributed by atoms with van der Waals surface area (Å²) in [6.45, 7) is 3.04. The number of hydrogen-bond acceptors (Lipinski definition) is 4. The topological polar surface area (TPSA) is 83.5 Å². The molecule has 0 saturated carbocycles. The number of rotatable bonds is 4. The quantitative estimate of drug-likeness (QED) is 0.834. The minimum Gasteiger partial charge on any atom is -0.381 e. The predicted octanol–water partition coefficient (Wildman–Crippen LogP) is 0.477. The van der Waals surface area contributed by atoms with Crippen molar-refractivity contribution in [3.8, 4) is 0 Å². The highest BCUT2D eigenvalue weighted by molar-refractivity contribution is 7.90.